The molecule has 7 nitrogen and oxygen atoms in total. The van der Waals surface area contributed by atoms with Crippen LogP contribution in [-0.2, 0) is 21.4 Å². The van der Waals surface area contributed by atoms with Gasteiger partial charge in [-0.25, -0.2) is 4.67 Å². The Bertz CT molecular complexity index is 834. The Morgan fingerprint density at radius 3 is 2.50 bits per heavy atom. The Labute approximate surface area is 165 Å². The van der Waals surface area contributed by atoms with Crippen LogP contribution in [0.3, 0.4) is 0 Å². The van der Waals surface area contributed by atoms with Crippen molar-refractivity contribution in [3.05, 3.63) is 63.9 Å². The second-order valence-electron chi connectivity index (χ2n) is 5.98. The summed E-state index contributed by atoms with van der Waals surface area (Å²) in [4.78, 5) is 9.93. The van der Waals surface area contributed by atoms with E-state index in [0.717, 1.165) is 10.7 Å². The molecular formula is C17H20ClF2N2O5P. The molecule has 0 radical (unpaired) electrons. The molecule has 0 aliphatic carbocycles. The smallest absolute Gasteiger partial charge is 0.403 e. The molecule has 0 bridgehead atoms. The molecule has 154 valence electrons. The highest BCUT2D eigenvalue weighted by atomic mass is 35.5. The SMILES string of the molecule is CN(CCCCCl)P(=O)(OCc1ccc([N+](=O)[O-])o1)C(F)(F)c1ccccc1. The van der Waals surface area contributed by atoms with Crippen LogP contribution in [0.15, 0.2) is 46.9 Å². The van der Waals surface area contributed by atoms with E-state index in [2.05, 4.69) is 0 Å². The first-order valence-electron chi connectivity index (χ1n) is 8.41. The van der Waals surface area contributed by atoms with Crippen LogP contribution in [0.4, 0.5) is 14.7 Å². The van der Waals surface area contributed by atoms with Gasteiger partial charge in [0.15, 0.2) is 0 Å². The third-order valence-corrected chi connectivity index (χ3v) is 6.81. The molecule has 0 fully saturated rings. The maximum Gasteiger partial charge on any atom is 0.433 e. The minimum Gasteiger partial charge on any atom is -0.403 e. The lowest BCUT2D eigenvalue weighted by molar-refractivity contribution is -0.402. The Hall–Kier alpha value is -1.80. The average Bonchev–Trinajstić information content (AvgIpc) is 3.16. The molecule has 1 heterocycles. The lowest BCUT2D eigenvalue weighted by Gasteiger charge is -2.33. The number of halogens is 3. The fourth-order valence-corrected chi connectivity index (χ4v) is 4.62. The van der Waals surface area contributed by atoms with E-state index in [0.29, 0.717) is 18.7 Å². The van der Waals surface area contributed by atoms with Gasteiger partial charge in [-0.2, -0.15) is 8.78 Å². The number of hydrogen-bond donors (Lipinski definition) is 0. The Morgan fingerprint density at radius 2 is 1.93 bits per heavy atom. The number of benzene rings is 1. The van der Waals surface area contributed by atoms with E-state index in [1.54, 1.807) is 6.07 Å². The third-order valence-electron chi connectivity index (χ3n) is 4.00. The van der Waals surface area contributed by atoms with Crippen molar-refractivity contribution in [2.24, 2.45) is 0 Å². The van der Waals surface area contributed by atoms with E-state index in [9.17, 15) is 14.7 Å². The van der Waals surface area contributed by atoms with E-state index < -0.39 is 36.2 Å². The molecule has 0 aliphatic rings. The molecule has 1 unspecified atom stereocenters. The van der Waals surface area contributed by atoms with Crippen LogP contribution in [0.1, 0.15) is 24.2 Å². The molecule has 1 aromatic carbocycles. The highest BCUT2D eigenvalue weighted by Gasteiger charge is 2.56. The zero-order valence-electron chi connectivity index (χ0n) is 15.1. The molecule has 2 rings (SSSR count). The number of alkyl halides is 3. The summed E-state index contributed by atoms with van der Waals surface area (Å²) in [7, 11) is -3.44. The molecule has 11 heteroatoms. The Kier molecular flexibility index (Phi) is 7.71. The van der Waals surface area contributed by atoms with Crippen LogP contribution in [0, 0.1) is 10.1 Å². The van der Waals surface area contributed by atoms with E-state index in [-0.39, 0.29) is 12.3 Å². The lowest BCUT2D eigenvalue weighted by atomic mass is 10.2. The third kappa shape index (κ3) is 4.97. The van der Waals surface area contributed by atoms with Crippen LogP contribution in [0.2, 0.25) is 0 Å². The van der Waals surface area contributed by atoms with Gasteiger partial charge in [0, 0.05) is 18.0 Å². The number of unbranched alkanes of at least 4 members (excludes halogenated alkanes) is 1. The number of nitro groups is 1. The van der Waals surface area contributed by atoms with Crippen molar-refractivity contribution < 1.29 is 27.2 Å². The van der Waals surface area contributed by atoms with E-state index >= 15 is 8.78 Å². The zero-order valence-corrected chi connectivity index (χ0v) is 16.7. The van der Waals surface area contributed by atoms with Gasteiger partial charge in [-0.15, -0.1) is 11.6 Å². The van der Waals surface area contributed by atoms with Crippen molar-refractivity contribution in [2.45, 2.75) is 25.1 Å². The maximum absolute atomic E-state index is 15.2. The van der Waals surface area contributed by atoms with Gasteiger partial charge in [0.2, 0.25) is 0 Å². The molecule has 2 aromatic rings. The zero-order chi connectivity index (χ0) is 20.8. The van der Waals surface area contributed by atoms with Crippen molar-refractivity contribution in [3.8, 4) is 0 Å². The van der Waals surface area contributed by atoms with Crippen molar-refractivity contribution in [3.63, 3.8) is 0 Å². The number of rotatable bonds is 11. The summed E-state index contributed by atoms with van der Waals surface area (Å²) >= 11 is 5.62. The summed E-state index contributed by atoms with van der Waals surface area (Å²) in [6.45, 7) is -0.530. The topological polar surface area (TPSA) is 85.8 Å². The largest absolute Gasteiger partial charge is 0.433 e. The minimum absolute atomic E-state index is 0.0741. The predicted molar refractivity (Wildman–Crippen MR) is 101 cm³/mol. The van der Waals surface area contributed by atoms with E-state index in [4.69, 9.17) is 20.5 Å². The molecule has 0 spiro atoms. The molecule has 0 aliphatic heterocycles. The fraction of sp³-hybridized carbons (Fsp3) is 0.412. The molecular weight excluding hydrogens is 417 g/mol. The highest BCUT2D eigenvalue weighted by Crippen LogP contribution is 2.68. The van der Waals surface area contributed by atoms with Gasteiger partial charge in [-0.3, -0.25) is 14.7 Å². The van der Waals surface area contributed by atoms with E-state index in [1.165, 1.54) is 37.4 Å². The van der Waals surface area contributed by atoms with Crippen molar-refractivity contribution >= 4 is 25.0 Å². The summed E-state index contributed by atoms with van der Waals surface area (Å²) in [5, 5.41) is 10.7. The summed E-state index contributed by atoms with van der Waals surface area (Å²) in [6, 6.07) is 9.02. The molecule has 28 heavy (non-hydrogen) atoms. The highest BCUT2D eigenvalue weighted by molar-refractivity contribution is 7.57. The van der Waals surface area contributed by atoms with Gasteiger partial charge in [0.25, 0.3) is 0 Å². The first-order chi connectivity index (χ1) is 13.2. The fourth-order valence-electron chi connectivity index (χ4n) is 2.46. The summed E-state index contributed by atoms with van der Waals surface area (Å²) in [5.41, 5.74) is -4.25. The first-order valence-corrected chi connectivity index (χ1v) is 10.5. The molecule has 1 atom stereocenters. The molecule has 1 aromatic heterocycles. The summed E-state index contributed by atoms with van der Waals surface area (Å²) < 4.78 is 54.9. The lowest BCUT2D eigenvalue weighted by Crippen LogP contribution is -2.29. The monoisotopic (exact) mass is 436 g/mol. The van der Waals surface area contributed by atoms with E-state index in [1.807, 2.05) is 0 Å². The van der Waals surface area contributed by atoms with Gasteiger partial charge in [0.05, 0.1) is 6.07 Å². The van der Waals surface area contributed by atoms with Crippen LogP contribution < -0.4 is 0 Å². The van der Waals surface area contributed by atoms with Gasteiger partial charge in [-0.05, 0) is 26.0 Å². The van der Waals surface area contributed by atoms with Gasteiger partial charge in [0.1, 0.15) is 17.3 Å². The number of hydrogen-bond acceptors (Lipinski definition) is 5. The second kappa shape index (κ2) is 9.60. The summed E-state index contributed by atoms with van der Waals surface area (Å²) in [6.07, 6.45) is 1.01. The normalized spacial score (nSPS) is 14.2. The Morgan fingerprint density at radius 1 is 1.25 bits per heavy atom. The van der Waals surface area contributed by atoms with Crippen molar-refractivity contribution in [1.82, 2.24) is 4.67 Å². The first kappa shape index (κ1) is 22.5. The number of furan rings is 1. The predicted octanol–water partition coefficient (Wildman–Crippen LogP) is 5.60. The van der Waals surface area contributed by atoms with Crippen molar-refractivity contribution in [2.75, 3.05) is 19.5 Å². The minimum atomic E-state index is -4.73. The van der Waals surface area contributed by atoms with Crippen LogP contribution in [-0.4, -0.2) is 29.1 Å². The van der Waals surface area contributed by atoms with Crippen LogP contribution >= 0.6 is 19.1 Å². The molecule has 0 N–H and O–H groups in total. The Balaban J connectivity index is 2.29. The second-order valence-corrected chi connectivity index (χ2v) is 8.90. The van der Waals surface area contributed by atoms with Crippen LogP contribution in [0.5, 0.6) is 0 Å². The molecule has 0 saturated heterocycles. The van der Waals surface area contributed by atoms with Gasteiger partial charge < -0.3 is 8.94 Å². The number of nitrogens with zero attached hydrogens (tertiary/aromatic N) is 2. The summed E-state index contributed by atoms with van der Waals surface area (Å²) in [5.74, 6) is -0.284. The molecule has 0 saturated carbocycles. The van der Waals surface area contributed by atoms with Crippen LogP contribution in [0.25, 0.3) is 0 Å². The molecule has 0 amide bonds. The van der Waals surface area contributed by atoms with Gasteiger partial charge in [-0.1, -0.05) is 30.3 Å². The van der Waals surface area contributed by atoms with Crippen molar-refractivity contribution in [1.29, 1.82) is 0 Å². The quantitative estimate of drug-likeness (QED) is 0.150. The maximum atomic E-state index is 15.2. The standard InChI is InChI=1S/C17H20ClF2N2O5P/c1-21(12-6-5-11-18)28(25,17(19,20)14-7-3-2-4-8-14)26-13-15-9-10-16(27-15)22(23)24/h2-4,7-10H,5-6,11-13H2,1H3. The van der Waals surface area contributed by atoms with Gasteiger partial charge >= 0.3 is 19.1 Å². The average molecular weight is 437 g/mol.